The molecule has 0 unspecified atom stereocenters. The largest absolute Gasteiger partial charge is 0.282 e. The molecule has 12 heavy (non-hydrogen) atoms. The molecule has 0 amide bonds. The van der Waals surface area contributed by atoms with E-state index in [1.165, 1.54) is 0 Å². The lowest BCUT2D eigenvalue weighted by molar-refractivity contribution is 0.109. The highest BCUT2D eigenvalue weighted by atomic mass is 32.1. The number of carbonyl (C=O) groups is 1. The molecule has 0 atom stereocenters. The average molecular weight is 178 g/mol. The summed E-state index contributed by atoms with van der Waals surface area (Å²) in [5.41, 5.74) is 1.65. The third-order valence-corrected chi connectivity index (χ3v) is 1.85. The van der Waals surface area contributed by atoms with Crippen LogP contribution >= 0.6 is 12.6 Å². The minimum atomic E-state index is -0.188. The molecule has 62 valence electrons. The van der Waals surface area contributed by atoms with Crippen molar-refractivity contribution in [3.63, 3.8) is 0 Å². The fraction of sp³-hybridized carbons (Fsp3) is 0.100. The van der Waals surface area contributed by atoms with E-state index in [9.17, 15) is 4.79 Å². The smallest absolute Gasteiger partial charge is 0.216 e. The summed E-state index contributed by atoms with van der Waals surface area (Å²) in [6, 6.07) is 7.41. The van der Waals surface area contributed by atoms with Gasteiger partial charge in [0.25, 0.3) is 0 Å². The van der Waals surface area contributed by atoms with Crippen molar-refractivity contribution in [3.05, 3.63) is 48.0 Å². The van der Waals surface area contributed by atoms with Crippen molar-refractivity contribution in [2.75, 3.05) is 0 Å². The minimum Gasteiger partial charge on any atom is -0.282 e. The summed E-state index contributed by atoms with van der Waals surface area (Å²) in [5.74, 6) is 0. The molecule has 1 rings (SSSR count). The lowest BCUT2D eigenvalue weighted by atomic mass is 10.1. The molecule has 0 N–H and O–H groups in total. The highest BCUT2D eigenvalue weighted by Gasteiger charge is 2.04. The van der Waals surface area contributed by atoms with Crippen LogP contribution in [-0.4, -0.2) is 5.12 Å². The molecule has 0 aliphatic carbocycles. The highest BCUT2D eigenvalue weighted by Crippen LogP contribution is 2.11. The molecule has 2 heteroatoms. The Labute approximate surface area is 77.5 Å². The number of hydrogen-bond donors (Lipinski definition) is 1. The monoisotopic (exact) mass is 178 g/mol. The number of benzene rings is 1. The summed E-state index contributed by atoms with van der Waals surface area (Å²) in [6.07, 6.45) is 2.48. The van der Waals surface area contributed by atoms with E-state index < -0.39 is 0 Å². The van der Waals surface area contributed by atoms with Crippen LogP contribution in [0.1, 0.15) is 15.9 Å². The van der Waals surface area contributed by atoms with Gasteiger partial charge in [-0.2, -0.15) is 0 Å². The van der Waals surface area contributed by atoms with Gasteiger partial charge in [0.15, 0.2) is 0 Å². The number of rotatable bonds is 3. The van der Waals surface area contributed by atoms with Crippen LogP contribution in [0.2, 0.25) is 0 Å². The van der Waals surface area contributed by atoms with Crippen molar-refractivity contribution in [2.45, 2.75) is 6.42 Å². The maximum absolute atomic E-state index is 11.0. The summed E-state index contributed by atoms with van der Waals surface area (Å²) < 4.78 is 0. The van der Waals surface area contributed by atoms with E-state index in [0.717, 1.165) is 5.56 Å². The molecule has 0 fully saturated rings. The van der Waals surface area contributed by atoms with E-state index in [-0.39, 0.29) is 5.12 Å². The first kappa shape index (κ1) is 9.07. The Hall–Kier alpha value is -1.02. The van der Waals surface area contributed by atoms with Crippen LogP contribution in [0.25, 0.3) is 0 Å². The van der Waals surface area contributed by atoms with Crippen LogP contribution in [-0.2, 0) is 6.42 Å². The van der Waals surface area contributed by atoms with E-state index in [1.807, 2.05) is 18.2 Å². The second kappa shape index (κ2) is 4.12. The highest BCUT2D eigenvalue weighted by molar-refractivity contribution is 7.97. The van der Waals surface area contributed by atoms with Gasteiger partial charge in [-0.15, -0.1) is 19.2 Å². The molecule has 1 aromatic carbocycles. The van der Waals surface area contributed by atoms with Crippen LogP contribution < -0.4 is 0 Å². The Balaban J connectivity index is 3.07. The molecule has 0 bridgehead atoms. The lowest BCUT2D eigenvalue weighted by Crippen LogP contribution is -1.95. The Morgan fingerprint density at radius 1 is 1.50 bits per heavy atom. The summed E-state index contributed by atoms with van der Waals surface area (Å²) >= 11 is 3.78. The van der Waals surface area contributed by atoms with Crippen molar-refractivity contribution in [3.8, 4) is 0 Å². The number of thiol groups is 1. The van der Waals surface area contributed by atoms with Crippen LogP contribution in [0, 0.1) is 0 Å². The molecule has 1 aromatic rings. The quantitative estimate of drug-likeness (QED) is 0.556. The van der Waals surface area contributed by atoms with Crippen molar-refractivity contribution >= 4 is 17.7 Å². The molecule has 1 nitrogen and oxygen atoms in total. The SMILES string of the molecule is C=CCc1ccccc1C(=O)S. The first-order valence-corrected chi connectivity index (χ1v) is 4.12. The van der Waals surface area contributed by atoms with Crippen molar-refractivity contribution in [1.29, 1.82) is 0 Å². The molecule has 0 radical (unpaired) electrons. The molecule has 0 aliphatic rings. The van der Waals surface area contributed by atoms with Gasteiger partial charge >= 0.3 is 0 Å². The van der Waals surface area contributed by atoms with Crippen molar-refractivity contribution < 1.29 is 4.79 Å². The van der Waals surface area contributed by atoms with Crippen LogP contribution in [0.4, 0.5) is 0 Å². The second-order valence-corrected chi connectivity index (χ2v) is 2.86. The predicted molar refractivity (Wildman–Crippen MR) is 53.7 cm³/mol. The predicted octanol–water partition coefficient (Wildman–Crippen LogP) is 2.49. The topological polar surface area (TPSA) is 17.1 Å². The first-order chi connectivity index (χ1) is 5.75. The average Bonchev–Trinajstić information content (AvgIpc) is 2.05. The zero-order valence-corrected chi connectivity index (χ0v) is 7.55. The molecule has 0 aromatic heterocycles. The maximum Gasteiger partial charge on any atom is 0.216 e. The van der Waals surface area contributed by atoms with Gasteiger partial charge in [0.05, 0.1) is 0 Å². The Kier molecular flexibility index (Phi) is 3.11. The van der Waals surface area contributed by atoms with Gasteiger partial charge in [0.2, 0.25) is 5.12 Å². The summed E-state index contributed by atoms with van der Waals surface area (Å²) in [7, 11) is 0. The zero-order valence-electron chi connectivity index (χ0n) is 6.66. The van der Waals surface area contributed by atoms with Crippen LogP contribution in [0.5, 0.6) is 0 Å². The maximum atomic E-state index is 11.0. The van der Waals surface area contributed by atoms with Gasteiger partial charge < -0.3 is 0 Å². The third-order valence-electron chi connectivity index (χ3n) is 1.61. The fourth-order valence-corrected chi connectivity index (χ4v) is 1.28. The summed E-state index contributed by atoms with van der Waals surface area (Å²) in [6.45, 7) is 3.62. The molecule has 0 heterocycles. The molecular weight excluding hydrogens is 168 g/mol. The Morgan fingerprint density at radius 3 is 2.75 bits per heavy atom. The molecule has 0 aliphatic heterocycles. The van der Waals surface area contributed by atoms with E-state index in [1.54, 1.807) is 12.1 Å². The first-order valence-electron chi connectivity index (χ1n) is 3.68. The number of carbonyl (C=O) groups excluding carboxylic acids is 1. The van der Waals surface area contributed by atoms with Gasteiger partial charge in [0.1, 0.15) is 0 Å². The third kappa shape index (κ3) is 1.98. The van der Waals surface area contributed by atoms with E-state index in [4.69, 9.17) is 0 Å². The van der Waals surface area contributed by atoms with Gasteiger partial charge in [-0.05, 0) is 12.0 Å². The zero-order chi connectivity index (χ0) is 8.97. The molecule has 0 spiro atoms. The van der Waals surface area contributed by atoms with Crippen LogP contribution in [0.3, 0.4) is 0 Å². The minimum absolute atomic E-state index is 0.188. The van der Waals surface area contributed by atoms with E-state index >= 15 is 0 Å². The summed E-state index contributed by atoms with van der Waals surface area (Å²) in [4.78, 5) is 11.0. The molecular formula is C10H10OS. The van der Waals surface area contributed by atoms with Gasteiger partial charge in [-0.1, -0.05) is 30.3 Å². The number of allylic oxidation sites excluding steroid dienone is 1. The Bertz CT molecular complexity index is 304. The second-order valence-electron chi connectivity index (χ2n) is 2.46. The van der Waals surface area contributed by atoms with Crippen molar-refractivity contribution in [1.82, 2.24) is 0 Å². The summed E-state index contributed by atoms with van der Waals surface area (Å²) in [5, 5.41) is -0.188. The van der Waals surface area contributed by atoms with Gasteiger partial charge in [-0.25, -0.2) is 0 Å². The van der Waals surface area contributed by atoms with Crippen molar-refractivity contribution in [2.24, 2.45) is 0 Å². The normalized spacial score (nSPS) is 9.42. The Morgan fingerprint density at radius 2 is 2.17 bits per heavy atom. The molecule has 0 saturated heterocycles. The van der Waals surface area contributed by atoms with E-state index in [2.05, 4.69) is 19.2 Å². The van der Waals surface area contributed by atoms with E-state index in [0.29, 0.717) is 12.0 Å². The van der Waals surface area contributed by atoms with Gasteiger partial charge in [0, 0.05) is 5.56 Å². The molecule has 0 saturated carbocycles. The standard InChI is InChI=1S/C10H10OS/c1-2-5-8-6-3-4-7-9(8)10(11)12/h2-4,6-7H,1,5H2,(H,11,12). The lowest BCUT2D eigenvalue weighted by Gasteiger charge is -2.01. The van der Waals surface area contributed by atoms with Crippen LogP contribution in [0.15, 0.2) is 36.9 Å². The van der Waals surface area contributed by atoms with Gasteiger partial charge in [-0.3, -0.25) is 4.79 Å². The fourth-order valence-electron chi connectivity index (χ4n) is 1.06. The number of hydrogen-bond acceptors (Lipinski definition) is 1.